The molecule has 102 valence electrons. The summed E-state index contributed by atoms with van der Waals surface area (Å²) in [4.78, 5) is 6.75. The van der Waals surface area contributed by atoms with E-state index in [0.29, 0.717) is 5.54 Å². The quantitative estimate of drug-likeness (QED) is 0.579. The molecule has 1 rings (SSSR count). The van der Waals surface area contributed by atoms with Crippen LogP contribution in [0.5, 0.6) is 0 Å². The van der Waals surface area contributed by atoms with E-state index >= 15 is 0 Å². The molecule has 0 unspecified atom stereocenters. The molecule has 0 saturated carbocycles. The van der Waals surface area contributed by atoms with Gasteiger partial charge in [0.25, 0.3) is 0 Å². The van der Waals surface area contributed by atoms with E-state index in [4.69, 9.17) is 0 Å². The molecular weight excluding hydrogens is 222 g/mol. The fourth-order valence-corrected chi connectivity index (χ4v) is 2.47. The number of hydrogen-bond donors (Lipinski definition) is 1. The Kier molecular flexibility index (Phi) is 5.60. The van der Waals surface area contributed by atoms with Gasteiger partial charge in [-0.25, -0.2) is 0 Å². The molecule has 1 fully saturated rings. The maximum atomic E-state index is 4.20. The highest BCUT2D eigenvalue weighted by atomic mass is 15.2. The van der Waals surface area contributed by atoms with Crippen LogP contribution in [-0.4, -0.2) is 36.3 Å². The first kappa shape index (κ1) is 15.0. The lowest BCUT2D eigenvalue weighted by atomic mass is 10.0. The lowest BCUT2D eigenvalue weighted by molar-refractivity contribution is 0.177. The van der Waals surface area contributed by atoms with Crippen molar-refractivity contribution < 1.29 is 0 Å². The average molecular weight is 249 g/mol. The summed E-state index contributed by atoms with van der Waals surface area (Å²) < 4.78 is 0. The third-order valence-corrected chi connectivity index (χ3v) is 3.52. The summed E-state index contributed by atoms with van der Waals surface area (Å²) in [7, 11) is 0. The smallest absolute Gasteiger partial charge is 0.0388 e. The van der Waals surface area contributed by atoms with Crippen LogP contribution in [0.4, 0.5) is 0 Å². The van der Waals surface area contributed by atoms with Crippen molar-refractivity contribution in [2.24, 2.45) is 4.99 Å². The molecule has 0 aliphatic carbocycles. The molecule has 1 aliphatic rings. The molecule has 0 radical (unpaired) electrons. The highest BCUT2D eigenvalue weighted by molar-refractivity contribution is 5.55. The molecule has 0 amide bonds. The van der Waals surface area contributed by atoms with Gasteiger partial charge >= 0.3 is 0 Å². The summed E-state index contributed by atoms with van der Waals surface area (Å²) in [5.41, 5.74) is 2.29. The van der Waals surface area contributed by atoms with Crippen molar-refractivity contribution in [2.75, 3.05) is 19.6 Å². The van der Waals surface area contributed by atoms with Gasteiger partial charge in [0.05, 0.1) is 0 Å². The predicted octanol–water partition coefficient (Wildman–Crippen LogP) is 2.96. The molecule has 3 heteroatoms. The molecule has 0 spiro atoms. The average Bonchev–Trinajstić information content (AvgIpc) is 2.58. The Labute approximate surface area is 112 Å². The second-order valence-electron chi connectivity index (χ2n) is 5.53. The van der Waals surface area contributed by atoms with Gasteiger partial charge in [0.15, 0.2) is 0 Å². The van der Waals surface area contributed by atoms with Crippen LogP contribution in [0.2, 0.25) is 0 Å². The summed E-state index contributed by atoms with van der Waals surface area (Å²) in [5.74, 6) is 0. The molecule has 0 aromatic heterocycles. The lowest BCUT2D eigenvalue weighted by Gasteiger charge is -2.31. The van der Waals surface area contributed by atoms with Gasteiger partial charge in [0.2, 0.25) is 0 Å². The number of nitrogens with one attached hydrogen (secondary N) is 1. The summed E-state index contributed by atoms with van der Waals surface area (Å²) in [6, 6.07) is 0. The highest BCUT2D eigenvalue weighted by Gasteiger charge is 2.30. The Morgan fingerprint density at radius 3 is 2.78 bits per heavy atom. The fraction of sp³-hybridized carbons (Fsp3) is 0.667. The zero-order valence-electron chi connectivity index (χ0n) is 12.3. The summed E-state index contributed by atoms with van der Waals surface area (Å²) in [6.45, 7) is 15.8. The fourth-order valence-electron chi connectivity index (χ4n) is 2.47. The standard InChI is InChI=1S/C15H27N3/c1-6-16-13(2)12-14(3)17-9-11-18-10-7-8-15(18,4)5/h6,12,17H,3,7-11H2,1-2,4-5H3/b13-12+,16-6?. The number of aliphatic imine (C=N–C) groups is 1. The van der Waals surface area contributed by atoms with Crippen LogP contribution in [0.3, 0.4) is 0 Å². The van der Waals surface area contributed by atoms with E-state index in [1.165, 1.54) is 19.4 Å². The van der Waals surface area contributed by atoms with Crippen molar-refractivity contribution in [1.29, 1.82) is 0 Å². The van der Waals surface area contributed by atoms with Crippen LogP contribution in [0.1, 0.15) is 40.5 Å². The first-order valence-electron chi connectivity index (χ1n) is 6.80. The van der Waals surface area contributed by atoms with Gasteiger partial charge in [0, 0.05) is 36.2 Å². The van der Waals surface area contributed by atoms with E-state index in [0.717, 1.165) is 24.5 Å². The van der Waals surface area contributed by atoms with Crippen molar-refractivity contribution in [3.05, 3.63) is 24.0 Å². The monoisotopic (exact) mass is 249 g/mol. The van der Waals surface area contributed by atoms with E-state index < -0.39 is 0 Å². The maximum absolute atomic E-state index is 4.20. The predicted molar refractivity (Wildman–Crippen MR) is 80.0 cm³/mol. The molecule has 3 nitrogen and oxygen atoms in total. The Morgan fingerprint density at radius 2 is 2.22 bits per heavy atom. The minimum atomic E-state index is 0.362. The van der Waals surface area contributed by atoms with Crippen LogP contribution in [0, 0.1) is 0 Å². The van der Waals surface area contributed by atoms with Crippen molar-refractivity contribution in [2.45, 2.75) is 46.1 Å². The third kappa shape index (κ3) is 4.65. The summed E-state index contributed by atoms with van der Waals surface area (Å²) >= 11 is 0. The molecule has 0 aromatic rings. The Balaban J connectivity index is 2.30. The molecule has 1 saturated heterocycles. The molecule has 0 bridgehead atoms. The molecule has 18 heavy (non-hydrogen) atoms. The van der Waals surface area contributed by atoms with Crippen LogP contribution >= 0.6 is 0 Å². The summed E-state index contributed by atoms with van der Waals surface area (Å²) in [5, 5.41) is 3.35. The molecule has 0 aromatic carbocycles. The Bertz CT molecular complexity index is 340. The molecule has 0 atom stereocenters. The first-order valence-corrected chi connectivity index (χ1v) is 6.80. The topological polar surface area (TPSA) is 27.6 Å². The van der Waals surface area contributed by atoms with Crippen LogP contribution in [0.15, 0.2) is 29.0 Å². The first-order chi connectivity index (χ1) is 8.45. The molecule has 1 heterocycles. The minimum Gasteiger partial charge on any atom is -0.384 e. The Morgan fingerprint density at radius 1 is 1.50 bits per heavy atom. The number of likely N-dealkylation sites (tertiary alicyclic amines) is 1. The van der Waals surface area contributed by atoms with E-state index in [9.17, 15) is 0 Å². The maximum Gasteiger partial charge on any atom is 0.0388 e. The largest absolute Gasteiger partial charge is 0.384 e. The van der Waals surface area contributed by atoms with Crippen molar-refractivity contribution in [1.82, 2.24) is 10.2 Å². The van der Waals surface area contributed by atoms with Crippen LogP contribution in [0.25, 0.3) is 0 Å². The van der Waals surface area contributed by atoms with Gasteiger partial charge in [-0.2, -0.15) is 0 Å². The van der Waals surface area contributed by atoms with Crippen LogP contribution < -0.4 is 5.32 Å². The van der Waals surface area contributed by atoms with E-state index in [1.54, 1.807) is 6.21 Å². The van der Waals surface area contributed by atoms with Gasteiger partial charge in [-0.1, -0.05) is 6.58 Å². The zero-order chi connectivity index (χ0) is 13.6. The van der Waals surface area contributed by atoms with Gasteiger partial charge in [-0.3, -0.25) is 9.89 Å². The zero-order valence-corrected chi connectivity index (χ0v) is 12.3. The number of nitrogens with zero attached hydrogens (tertiary/aromatic N) is 2. The van der Waals surface area contributed by atoms with Gasteiger partial charge < -0.3 is 5.32 Å². The second-order valence-corrected chi connectivity index (χ2v) is 5.53. The lowest BCUT2D eigenvalue weighted by Crippen LogP contribution is -2.41. The SMILES string of the molecule is C=C(/C=C(\C)N=CC)NCCN1CCCC1(C)C. The van der Waals surface area contributed by atoms with E-state index in [2.05, 4.69) is 35.6 Å². The molecular formula is C15H27N3. The Hall–Kier alpha value is -1.09. The summed E-state index contributed by atoms with van der Waals surface area (Å²) in [6.07, 6.45) is 6.40. The number of hydrogen-bond acceptors (Lipinski definition) is 3. The van der Waals surface area contributed by atoms with Crippen molar-refractivity contribution >= 4 is 6.21 Å². The van der Waals surface area contributed by atoms with Crippen LogP contribution in [-0.2, 0) is 0 Å². The molecule has 1 aliphatic heterocycles. The normalized spacial score (nSPS) is 20.6. The van der Waals surface area contributed by atoms with Crippen molar-refractivity contribution in [3.63, 3.8) is 0 Å². The number of allylic oxidation sites excluding steroid dienone is 2. The number of rotatable bonds is 6. The van der Waals surface area contributed by atoms with E-state index in [1.807, 2.05) is 19.9 Å². The minimum absolute atomic E-state index is 0.362. The van der Waals surface area contributed by atoms with E-state index in [-0.39, 0.29) is 0 Å². The highest BCUT2D eigenvalue weighted by Crippen LogP contribution is 2.27. The third-order valence-electron chi connectivity index (χ3n) is 3.52. The van der Waals surface area contributed by atoms with Gasteiger partial charge in [-0.05, 0) is 53.2 Å². The molecule has 1 N–H and O–H groups in total. The van der Waals surface area contributed by atoms with Crippen molar-refractivity contribution in [3.8, 4) is 0 Å². The second kappa shape index (κ2) is 6.74. The van der Waals surface area contributed by atoms with Gasteiger partial charge in [-0.15, -0.1) is 0 Å². The van der Waals surface area contributed by atoms with Gasteiger partial charge in [0.1, 0.15) is 0 Å².